The molecular weight excluding hydrogens is 206 g/mol. The molecule has 0 radical (unpaired) electrons. The van der Waals surface area contributed by atoms with Crippen LogP contribution in [0.2, 0.25) is 0 Å². The zero-order chi connectivity index (χ0) is 11.1. The van der Waals surface area contributed by atoms with Crippen LogP contribution in [0.3, 0.4) is 0 Å². The Morgan fingerprint density at radius 3 is 2.67 bits per heavy atom. The maximum atomic E-state index is 8.41. The topological polar surface area (TPSA) is 47.9 Å². The predicted molar refractivity (Wildman–Crippen MR) is 65.2 cm³/mol. The molecule has 3 nitrogen and oxygen atoms in total. The molecule has 15 heavy (non-hydrogen) atoms. The van der Waals surface area contributed by atoms with E-state index in [-0.39, 0.29) is 0 Å². The number of thiocarbonyl (C=S) groups is 1. The van der Waals surface area contributed by atoms with E-state index >= 15 is 0 Å². The highest BCUT2D eigenvalue weighted by atomic mass is 32.1. The molecule has 0 saturated carbocycles. The maximum absolute atomic E-state index is 8.41. The molecule has 1 aromatic rings. The average Bonchev–Trinajstić information content (AvgIpc) is 2.19. The largest absolute Gasteiger partial charge is 0.336 e. The van der Waals surface area contributed by atoms with Gasteiger partial charge in [-0.1, -0.05) is 18.2 Å². The smallest absolute Gasteiger partial charge is 0.175 e. The minimum atomic E-state index is 0.477. The van der Waals surface area contributed by atoms with Gasteiger partial charge in [0, 0.05) is 17.5 Å². The van der Waals surface area contributed by atoms with Crippen LogP contribution in [-0.4, -0.2) is 5.11 Å². The van der Waals surface area contributed by atoms with Crippen LogP contribution in [0.4, 0.5) is 5.69 Å². The van der Waals surface area contributed by atoms with Gasteiger partial charge in [0.15, 0.2) is 5.11 Å². The quantitative estimate of drug-likeness (QED) is 0.590. The second kappa shape index (κ2) is 5.78. The first-order valence-electron chi connectivity index (χ1n) is 4.42. The van der Waals surface area contributed by atoms with Gasteiger partial charge in [0.05, 0.1) is 6.07 Å². The molecule has 0 aliphatic carbocycles. The van der Waals surface area contributed by atoms with Gasteiger partial charge in [-0.05, 0) is 31.3 Å². The lowest BCUT2D eigenvalue weighted by Crippen LogP contribution is -2.26. The summed E-state index contributed by atoms with van der Waals surface area (Å²) in [6, 6.07) is 11.5. The summed E-state index contributed by atoms with van der Waals surface area (Å²) in [6.07, 6.45) is 1.40. The highest BCUT2D eigenvalue weighted by Crippen LogP contribution is 2.04. The first-order valence-corrected chi connectivity index (χ1v) is 4.82. The molecule has 0 atom stereocenters. The highest BCUT2D eigenvalue weighted by Gasteiger charge is 1.96. The third-order valence-corrected chi connectivity index (χ3v) is 1.83. The molecule has 0 amide bonds. The summed E-state index contributed by atoms with van der Waals surface area (Å²) in [6.45, 7) is 1.78. The number of rotatable bonds is 2. The lowest BCUT2D eigenvalue weighted by molar-refractivity contribution is 1.13. The molecule has 0 aliphatic heterocycles. The van der Waals surface area contributed by atoms with Crippen molar-refractivity contribution in [2.24, 2.45) is 0 Å². The van der Waals surface area contributed by atoms with Crippen LogP contribution >= 0.6 is 12.2 Å². The van der Waals surface area contributed by atoms with Crippen LogP contribution < -0.4 is 10.6 Å². The molecule has 0 fully saturated rings. The second-order valence-corrected chi connectivity index (χ2v) is 3.31. The van der Waals surface area contributed by atoms with E-state index < -0.39 is 0 Å². The minimum Gasteiger partial charge on any atom is -0.336 e. The number of anilines is 1. The Bertz CT molecular complexity index is 404. The number of allylic oxidation sites excluding steroid dienone is 2. The summed E-state index contributed by atoms with van der Waals surface area (Å²) in [4.78, 5) is 0. The number of nitrogens with zero attached hydrogens (tertiary/aromatic N) is 1. The van der Waals surface area contributed by atoms with Gasteiger partial charge in [-0.2, -0.15) is 5.26 Å². The standard InChI is InChI=1S/C11H11N3S/c1-9(7-8-12)13-11(15)14-10-5-3-2-4-6-10/h2-7H,1H3,(H2,13,14,15)/b9-7-. The van der Waals surface area contributed by atoms with Crippen LogP contribution in [0.15, 0.2) is 42.1 Å². The lowest BCUT2D eigenvalue weighted by atomic mass is 10.3. The number of nitrogens with one attached hydrogen (secondary N) is 2. The molecule has 1 aromatic carbocycles. The summed E-state index contributed by atoms with van der Waals surface area (Å²) in [5.74, 6) is 0. The molecule has 0 unspecified atom stereocenters. The molecule has 0 bridgehead atoms. The number of hydrogen-bond donors (Lipinski definition) is 2. The summed E-state index contributed by atoms with van der Waals surface area (Å²) in [7, 11) is 0. The number of nitriles is 1. The molecule has 0 spiro atoms. The molecule has 0 heterocycles. The predicted octanol–water partition coefficient (Wildman–Crippen LogP) is 2.40. The summed E-state index contributed by atoms with van der Waals surface area (Å²) < 4.78 is 0. The summed E-state index contributed by atoms with van der Waals surface area (Å²) in [5, 5.41) is 14.8. The fourth-order valence-electron chi connectivity index (χ4n) is 0.996. The lowest BCUT2D eigenvalue weighted by Gasteiger charge is -2.09. The van der Waals surface area contributed by atoms with Crippen molar-refractivity contribution in [1.29, 1.82) is 5.26 Å². The van der Waals surface area contributed by atoms with Crippen molar-refractivity contribution in [2.75, 3.05) is 5.32 Å². The Morgan fingerprint density at radius 2 is 2.07 bits per heavy atom. The maximum Gasteiger partial charge on any atom is 0.175 e. The normalized spacial score (nSPS) is 10.3. The average molecular weight is 217 g/mol. The second-order valence-electron chi connectivity index (χ2n) is 2.90. The van der Waals surface area contributed by atoms with E-state index in [0.717, 1.165) is 5.69 Å². The zero-order valence-electron chi connectivity index (χ0n) is 8.32. The molecule has 0 aliphatic rings. The number of para-hydroxylation sites is 1. The van der Waals surface area contributed by atoms with Gasteiger partial charge in [0.2, 0.25) is 0 Å². The van der Waals surface area contributed by atoms with Crippen molar-refractivity contribution in [3.63, 3.8) is 0 Å². The Kier molecular flexibility index (Phi) is 4.32. The number of benzene rings is 1. The summed E-state index contributed by atoms with van der Waals surface area (Å²) >= 11 is 5.05. The molecule has 0 saturated heterocycles. The van der Waals surface area contributed by atoms with Gasteiger partial charge in [0.1, 0.15) is 0 Å². The molecule has 1 rings (SSSR count). The van der Waals surface area contributed by atoms with Crippen LogP contribution in [0.1, 0.15) is 6.92 Å². The first kappa shape index (κ1) is 11.2. The third kappa shape index (κ3) is 4.25. The Morgan fingerprint density at radius 1 is 1.40 bits per heavy atom. The van der Waals surface area contributed by atoms with Crippen LogP contribution in [0, 0.1) is 11.3 Å². The van der Waals surface area contributed by atoms with E-state index in [1.807, 2.05) is 36.4 Å². The monoisotopic (exact) mass is 217 g/mol. The Hall–Kier alpha value is -1.86. The van der Waals surface area contributed by atoms with Crippen molar-refractivity contribution in [2.45, 2.75) is 6.92 Å². The van der Waals surface area contributed by atoms with E-state index in [0.29, 0.717) is 10.8 Å². The fourth-order valence-corrected chi connectivity index (χ4v) is 1.27. The summed E-state index contributed by atoms with van der Waals surface area (Å²) in [5.41, 5.74) is 1.63. The fraction of sp³-hybridized carbons (Fsp3) is 0.0909. The van der Waals surface area contributed by atoms with E-state index in [1.54, 1.807) is 6.92 Å². The third-order valence-electron chi connectivity index (χ3n) is 1.62. The first-order chi connectivity index (χ1) is 7.22. The molecule has 0 aromatic heterocycles. The zero-order valence-corrected chi connectivity index (χ0v) is 9.14. The van der Waals surface area contributed by atoms with Gasteiger partial charge in [-0.25, -0.2) is 0 Å². The molecule has 2 N–H and O–H groups in total. The van der Waals surface area contributed by atoms with Crippen molar-refractivity contribution >= 4 is 23.0 Å². The Balaban J connectivity index is 2.51. The van der Waals surface area contributed by atoms with E-state index in [4.69, 9.17) is 17.5 Å². The highest BCUT2D eigenvalue weighted by molar-refractivity contribution is 7.80. The van der Waals surface area contributed by atoms with Gasteiger partial charge in [0.25, 0.3) is 0 Å². The molecule has 76 valence electrons. The van der Waals surface area contributed by atoms with Gasteiger partial charge in [-0.3, -0.25) is 0 Å². The van der Waals surface area contributed by atoms with Gasteiger partial charge >= 0.3 is 0 Å². The van der Waals surface area contributed by atoms with Crippen molar-refractivity contribution in [1.82, 2.24) is 5.32 Å². The SMILES string of the molecule is C/C(=C/C#N)NC(=S)Nc1ccccc1. The van der Waals surface area contributed by atoms with Crippen molar-refractivity contribution < 1.29 is 0 Å². The molecule has 4 heteroatoms. The van der Waals surface area contributed by atoms with Crippen molar-refractivity contribution in [3.8, 4) is 6.07 Å². The van der Waals surface area contributed by atoms with E-state index in [9.17, 15) is 0 Å². The van der Waals surface area contributed by atoms with E-state index in [1.165, 1.54) is 6.08 Å². The van der Waals surface area contributed by atoms with Crippen LogP contribution in [-0.2, 0) is 0 Å². The minimum absolute atomic E-state index is 0.477. The van der Waals surface area contributed by atoms with Gasteiger partial charge < -0.3 is 10.6 Å². The Labute approximate surface area is 94.4 Å². The van der Waals surface area contributed by atoms with Crippen LogP contribution in [0.5, 0.6) is 0 Å². The number of hydrogen-bond acceptors (Lipinski definition) is 2. The van der Waals surface area contributed by atoms with Crippen molar-refractivity contribution in [3.05, 3.63) is 42.1 Å². The van der Waals surface area contributed by atoms with Gasteiger partial charge in [-0.15, -0.1) is 0 Å². The molecular formula is C11H11N3S. The van der Waals surface area contributed by atoms with E-state index in [2.05, 4.69) is 10.6 Å². The van der Waals surface area contributed by atoms with Crippen LogP contribution in [0.25, 0.3) is 0 Å².